The molecule has 2 aromatic heterocycles. The summed E-state index contributed by atoms with van der Waals surface area (Å²) in [5.74, 6) is 0.0225. The van der Waals surface area contributed by atoms with Gasteiger partial charge in [0.1, 0.15) is 17.8 Å². The molecule has 0 aliphatic carbocycles. The molecular weight excluding hydrogens is 312 g/mol. The SMILES string of the molecule is Cc1cccc2[nH]c(CNc3ncc([N+](=O)[O-])cc3C(N)=O)nc12. The molecule has 1 amide bonds. The van der Waals surface area contributed by atoms with Gasteiger partial charge in [-0.3, -0.25) is 14.9 Å². The van der Waals surface area contributed by atoms with Crippen molar-refractivity contribution < 1.29 is 9.72 Å². The van der Waals surface area contributed by atoms with Gasteiger partial charge >= 0.3 is 0 Å². The number of nitrogens with two attached hydrogens (primary N) is 1. The van der Waals surface area contributed by atoms with E-state index in [4.69, 9.17) is 5.73 Å². The molecule has 3 rings (SSSR count). The minimum atomic E-state index is -0.797. The first kappa shape index (κ1) is 15.4. The van der Waals surface area contributed by atoms with Crippen LogP contribution in [0.3, 0.4) is 0 Å². The molecule has 0 aliphatic rings. The minimum absolute atomic E-state index is 0.0449. The van der Waals surface area contributed by atoms with Crippen molar-refractivity contribution >= 4 is 28.4 Å². The number of imidazole rings is 1. The number of hydrogen-bond acceptors (Lipinski definition) is 6. The molecular formula is C15H14N6O3. The molecule has 0 saturated heterocycles. The van der Waals surface area contributed by atoms with Gasteiger partial charge in [0, 0.05) is 6.07 Å². The summed E-state index contributed by atoms with van der Waals surface area (Å²) in [7, 11) is 0. The number of aromatic amines is 1. The Labute approximate surface area is 136 Å². The number of amides is 1. The number of rotatable bonds is 5. The van der Waals surface area contributed by atoms with Crippen LogP contribution in [0.2, 0.25) is 0 Å². The van der Waals surface area contributed by atoms with Gasteiger partial charge in [-0.2, -0.15) is 0 Å². The molecule has 0 atom stereocenters. The molecule has 122 valence electrons. The number of pyridine rings is 1. The Morgan fingerprint density at radius 1 is 1.46 bits per heavy atom. The molecule has 3 aromatic rings. The molecule has 0 unspecified atom stereocenters. The van der Waals surface area contributed by atoms with E-state index in [9.17, 15) is 14.9 Å². The van der Waals surface area contributed by atoms with Crippen LogP contribution in [0.25, 0.3) is 11.0 Å². The summed E-state index contributed by atoms with van der Waals surface area (Å²) >= 11 is 0. The van der Waals surface area contributed by atoms with Crippen molar-refractivity contribution in [1.82, 2.24) is 15.0 Å². The number of primary amides is 1. The molecule has 9 heteroatoms. The number of hydrogen-bond donors (Lipinski definition) is 3. The number of para-hydroxylation sites is 1. The molecule has 24 heavy (non-hydrogen) atoms. The Morgan fingerprint density at radius 2 is 2.25 bits per heavy atom. The highest BCUT2D eigenvalue weighted by atomic mass is 16.6. The lowest BCUT2D eigenvalue weighted by atomic mass is 10.2. The summed E-state index contributed by atoms with van der Waals surface area (Å²) < 4.78 is 0. The molecule has 1 aromatic carbocycles. The molecule has 0 bridgehead atoms. The third kappa shape index (κ3) is 2.86. The van der Waals surface area contributed by atoms with E-state index < -0.39 is 10.8 Å². The van der Waals surface area contributed by atoms with E-state index in [-0.39, 0.29) is 23.6 Å². The Hall–Kier alpha value is -3.49. The number of benzene rings is 1. The van der Waals surface area contributed by atoms with E-state index in [1.165, 1.54) is 0 Å². The maximum Gasteiger partial charge on any atom is 0.288 e. The lowest BCUT2D eigenvalue weighted by molar-refractivity contribution is -0.385. The Balaban J connectivity index is 1.86. The number of aromatic nitrogens is 3. The summed E-state index contributed by atoms with van der Waals surface area (Å²) in [4.78, 5) is 33.2. The van der Waals surface area contributed by atoms with Gasteiger partial charge in [0.15, 0.2) is 0 Å². The lowest BCUT2D eigenvalue weighted by Crippen LogP contribution is -2.16. The first-order valence-corrected chi connectivity index (χ1v) is 7.08. The Morgan fingerprint density at radius 3 is 2.92 bits per heavy atom. The second-order valence-electron chi connectivity index (χ2n) is 5.22. The van der Waals surface area contributed by atoms with Gasteiger partial charge in [0.25, 0.3) is 11.6 Å². The molecule has 0 saturated carbocycles. The van der Waals surface area contributed by atoms with Crippen LogP contribution in [0.4, 0.5) is 11.5 Å². The van der Waals surface area contributed by atoms with E-state index in [1.54, 1.807) is 0 Å². The zero-order valence-corrected chi connectivity index (χ0v) is 12.7. The minimum Gasteiger partial charge on any atom is -0.365 e. The number of fused-ring (bicyclic) bond motifs is 1. The van der Waals surface area contributed by atoms with Crippen molar-refractivity contribution in [1.29, 1.82) is 0 Å². The number of nitrogens with zero attached hydrogens (tertiary/aromatic N) is 3. The zero-order chi connectivity index (χ0) is 17.3. The van der Waals surface area contributed by atoms with E-state index >= 15 is 0 Å². The number of aryl methyl sites for hydroxylation is 1. The van der Waals surface area contributed by atoms with Gasteiger partial charge in [0.2, 0.25) is 0 Å². The van der Waals surface area contributed by atoms with Crippen molar-refractivity contribution in [2.45, 2.75) is 13.5 Å². The molecule has 2 heterocycles. The summed E-state index contributed by atoms with van der Waals surface area (Å²) in [5.41, 5.74) is 7.73. The maximum atomic E-state index is 11.5. The topological polar surface area (TPSA) is 140 Å². The van der Waals surface area contributed by atoms with E-state index in [2.05, 4.69) is 20.3 Å². The van der Waals surface area contributed by atoms with E-state index in [0.29, 0.717) is 5.82 Å². The second-order valence-corrected chi connectivity index (χ2v) is 5.22. The van der Waals surface area contributed by atoms with Gasteiger partial charge in [-0.1, -0.05) is 12.1 Å². The largest absolute Gasteiger partial charge is 0.365 e. The van der Waals surface area contributed by atoms with Crippen molar-refractivity contribution in [3.63, 3.8) is 0 Å². The van der Waals surface area contributed by atoms with Crippen LogP contribution in [0.5, 0.6) is 0 Å². The van der Waals surface area contributed by atoms with Crippen LogP contribution in [0.1, 0.15) is 21.7 Å². The Bertz CT molecular complexity index is 950. The normalized spacial score (nSPS) is 10.7. The fraction of sp³-hybridized carbons (Fsp3) is 0.133. The van der Waals surface area contributed by atoms with Gasteiger partial charge in [-0.25, -0.2) is 9.97 Å². The van der Waals surface area contributed by atoms with E-state index in [1.807, 2.05) is 25.1 Å². The number of nitrogens with one attached hydrogen (secondary N) is 2. The Kier molecular flexibility index (Phi) is 3.82. The van der Waals surface area contributed by atoms with Crippen molar-refractivity contribution in [3.05, 3.63) is 57.5 Å². The molecule has 0 fully saturated rings. The molecule has 0 radical (unpaired) electrons. The smallest absolute Gasteiger partial charge is 0.288 e. The molecule has 0 aliphatic heterocycles. The van der Waals surface area contributed by atoms with Gasteiger partial charge < -0.3 is 16.0 Å². The van der Waals surface area contributed by atoms with Gasteiger partial charge in [0.05, 0.1) is 28.1 Å². The van der Waals surface area contributed by atoms with Crippen molar-refractivity contribution in [2.24, 2.45) is 5.73 Å². The highest BCUT2D eigenvalue weighted by molar-refractivity contribution is 5.98. The predicted molar refractivity (Wildman–Crippen MR) is 87.6 cm³/mol. The average Bonchev–Trinajstić information content (AvgIpc) is 2.97. The van der Waals surface area contributed by atoms with Crippen molar-refractivity contribution in [2.75, 3.05) is 5.32 Å². The van der Waals surface area contributed by atoms with Crippen LogP contribution in [0, 0.1) is 17.0 Å². The third-order valence-electron chi connectivity index (χ3n) is 3.54. The summed E-state index contributed by atoms with van der Waals surface area (Å²) in [6.07, 6.45) is 1.07. The molecule has 9 nitrogen and oxygen atoms in total. The highest BCUT2D eigenvalue weighted by Crippen LogP contribution is 2.20. The highest BCUT2D eigenvalue weighted by Gasteiger charge is 2.16. The van der Waals surface area contributed by atoms with Crippen molar-refractivity contribution in [3.8, 4) is 0 Å². The number of carbonyl (C=O) groups excluding carboxylic acids is 1. The molecule has 0 spiro atoms. The fourth-order valence-corrected chi connectivity index (χ4v) is 2.36. The van der Waals surface area contributed by atoms with Crippen LogP contribution < -0.4 is 11.1 Å². The molecule has 4 N–H and O–H groups in total. The first-order valence-electron chi connectivity index (χ1n) is 7.08. The number of carbonyl (C=O) groups is 1. The average molecular weight is 326 g/mol. The van der Waals surface area contributed by atoms with Crippen LogP contribution in [0.15, 0.2) is 30.5 Å². The lowest BCUT2D eigenvalue weighted by Gasteiger charge is -2.07. The van der Waals surface area contributed by atoms with Crippen LogP contribution in [-0.4, -0.2) is 25.8 Å². The first-order chi connectivity index (χ1) is 11.5. The van der Waals surface area contributed by atoms with Crippen LogP contribution >= 0.6 is 0 Å². The number of anilines is 1. The number of nitro groups is 1. The van der Waals surface area contributed by atoms with Gasteiger partial charge in [-0.05, 0) is 18.6 Å². The maximum absolute atomic E-state index is 11.5. The zero-order valence-electron chi connectivity index (χ0n) is 12.7. The third-order valence-corrected chi connectivity index (χ3v) is 3.54. The predicted octanol–water partition coefficient (Wildman–Crippen LogP) is 1.89. The standard InChI is InChI=1S/C15H14N6O3/c1-8-3-2-4-11-13(8)20-12(19-11)7-18-15-10(14(16)22)5-9(6-17-15)21(23)24/h2-6H,7H2,1H3,(H2,16,22)(H,17,18)(H,19,20). The summed E-state index contributed by atoms with van der Waals surface area (Å²) in [6.45, 7) is 2.22. The fourth-order valence-electron chi connectivity index (χ4n) is 2.36. The van der Waals surface area contributed by atoms with E-state index in [0.717, 1.165) is 28.9 Å². The summed E-state index contributed by atoms with van der Waals surface area (Å²) in [5, 5.41) is 13.7. The number of H-pyrrole nitrogens is 1. The quantitative estimate of drug-likeness (QED) is 0.483. The van der Waals surface area contributed by atoms with Gasteiger partial charge in [-0.15, -0.1) is 0 Å². The summed E-state index contributed by atoms with van der Waals surface area (Å²) in [6, 6.07) is 6.90. The van der Waals surface area contributed by atoms with Crippen LogP contribution in [-0.2, 0) is 6.54 Å². The second kappa shape index (κ2) is 5.95. The monoisotopic (exact) mass is 326 g/mol.